The highest BCUT2D eigenvalue weighted by molar-refractivity contribution is 4.84. The van der Waals surface area contributed by atoms with E-state index in [1.165, 1.54) is 25.9 Å². The van der Waals surface area contributed by atoms with Crippen LogP contribution in [-0.4, -0.2) is 61.7 Å². The molecule has 1 aliphatic heterocycles. The molecule has 1 aliphatic rings. The van der Waals surface area contributed by atoms with E-state index in [-0.39, 0.29) is 0 Å². The van der Waals surface area contributed by atoms with Crippen LogP contribution in [0.3, 0.4) is 0 Å². The first-order valence-corrected chi connectivity index (χ1v) is 7.55. The molecule has 1 fully saturated rings. The van der Waals surface area contributed by atoms with Crippen LogP contribution in [0, 0.1) is 5.92 Å². The number of nitrogens with one attached hydrogen (secondary N) is 1. The molecule has 0 radical (unpaired) electrons. The zero-order chi connectivity index (χ0) is 13.7. The SMILES string of the molecule is CC(C)NCC(C(C)C)N(C)C1CCN(C)CC1. The Morgan fingerprint density at radius 2 is 1.72 bits per heavy atom. The summed E-state index contributed by atoms with van der Waals surface area (Å²) in [5.41, 5.74) is 0. The monoisotopic (exact) mass is 255 g/mol. The number of likely N-dealkylation sites (N-methyl/N-ethyl adjacent to an activating group) is 1. The lowest BCUT2D eigenvalue weighted by molar-refractivity contribution is 0.0839. The maximum absolute atomic E-state index is 3.60. The molecule has 0 amide bonds. The molecule has 1 rings (SSSR count). The second kappa shape index (κ2) is 7.46. The van der Waals surface area contributed by atoms with Crippen LogP contribution in [-0.2, 0) is 0 Å². The second-order valence-corrected chi connectivity index (χ2v) is 6.57. The van der Waals surface area contributed by atoms with E-state index < -0.39 is 0 Å². The average Bonchev–Trinajstić information content (AvgIpc) is 2.29. The van der Waals surface area contributed by atoms with Crippen molar-refractivity contribution in [2.24, 2.45) is 5.92 Å². The van der Waals surface area contributed by atoms with Crippen molar-refractivity contribution in [2.45, 2.75) is 58.7 Å². The molecule has 1 atom stereocenters. The molecule has 108 valence electrons. The Kier molecular flexibility index (Phi) is 6.61. The Hall–Kier alpha value is -0.120. The smallest absolute Gasteiger partial charge is 0.0243 e. The Morgan fingerprint density at radius 1 is 1.17 bits per heavy atom. The molecular formula is C15H33N3. The molecule has 0 spiro atoms. The fraction of sp³-hybridized carbons (Fsp3) is 1.00. The summed E-state index contributed by atoms with van der Waals surface area (Å²) in [6, 6.07) is 2.00. The zero-order valence-corrected chi connectivity index (χ0v) is 13.2. The van der Waals surface area contributed by atoms with E-state index in [9.17, 15) is 0 Å². The Balaban J connectivity index is 2.50. The maximum atomic E-state index is 3.60. The van der Waals surface area contributed by atoms with Gasteiger partial charge in [-0.2, -0.15) is 0 Å². The fourth-order valence-electron chi connectivity index (χ4n) is 2.88. The van der Waals surface area contributed by atoms with Crippen molar-refractivity contribution in [3.8, 4) is 0 Å². The zero-order valence-electron chi connectivity index (χ0n) is 13.2. The summed E-state index contributed by atoms with van der Waals surface area (Å²) < 4.78 is 0. The first-order valence-electron chi connectivity index (χ1n) is 7.55. The van der Waals surface area contributed by atoms with Gasteiger partial charge in [0.05, 0.1) is 0 Å². The maximum Gasteiger partial charge on any atom is 0.0243 e. The molecule has 1 saturated heterocycles. The molecule has 1 heterocycles. The highest BCUT2D eigenvalue weighted by Gasteiger charge is 2.27. The summed E-state index contributed by atoms with van der Waals surface area (Å²) in [5.74, 6) is 0.709. The van der Waals surface area contributed by atoms with Crippen LogP contribution in [0.2, 0.25) is 0 Å². The summed E-state index contributed by atoms with van der Waals surface area (Å²) in [5, 5.41) is 3.60. The standard InChI is InChI=1S/C15H33N3/c1-12(2)15(11-16-13(3)4)18(6)14-7-9-17(5)10-8-14/h12-16H,7-11H2,1-6H3. The van der Waals surface area contributed by atoms with E-state index >= 15 is 0 Å². The third-order valence-corrected chi connectivity index (χ3v) is 4.29. The van der Waals surface area contributed by atoms with E-state index in [0.717, 1.165) is 12.6 Å². The topological polar surface area (TPSA) is 18.5 Å². The van der Waals surface area contributed by atoms with Gasteiger partial charge >= 0.3 is 0 Å². The van der Waals surface area contributed by atoms with Gasteiger partial charge < -0.3 is 10.2 Å². The van der Waals surface area contributed by atoms with Gasteiger partial charge in [-0.15, -0.1) is 0 Å². The van der Waals surface area contributed by atoms with E-state index in [1.54, 1.807) is 0 Å². The van der Waals surface area contributed by atoms with Gasteiger partial charge in [-0.05, 0) is 45.9 Å². The number of likely N-dealkylation sites (tertiary alicyclic amines) is 1. The Morgan fingerprint density at radius 3 is 2.17 bits per heavy atom. The lowest BCUT2D eigenvalue weighted by Crippen LogP contribution is -2.52. The summed E-state index contributed by atoms with van der Waals surface area (Å²) in [6.07, 6.45) is 2.63. The minimum Gasteiger partial charge on any atom is -0.313 e. The quantitative estimate of drug-likeness (QED) is 0.783. The lowest BCUT2D eigenvalue weighted by Gasteiger charge is -2.41. The van der Waals surface area contributed by atoms with E-state index in [1.807, 2.05) is 0 Å². The first kappa shape index (κ1) is 15.9. The minimum atomic E-state index is 0.581. The van der Waals surface area contributed by atoms with Crippen molar-refractivity contribution < 1.29 is 0 Å². The van der Waals surface area contributed by atoms with Gasteiger partial charge in [0.25, 0.3) is 0 Å². The largest absolute Gasteiger partial charge is 0.313 e. The molecule has 0 bridgehead atoms. The third kappa shape index (κ3) is 4.87. The van der Waals surface area contributed by atoms with Gasteiger partial charge in [0.15, 0.2) is 0 Å². The lowest BCUT2D eigenvalue weighted by atomic mass is 9.96. The number of nitrogens with zero attached hydrogens (tertiary/aromatic N) is 2. The van der Waals surface area contributed by atoms with Crippen molar-refractivity contribution in [3.05, 3.63) is 0 Å². The molecule has 0 aromatic rings. The molecule has 0 aromatic heterocycles. The number of hydrogen-bond donors (Lipinski definition) is 1. The van der Waals surface area contributed by atoms with Crippen LogP contribution >= 0.6 is 0 Å². The van der Waals surface area contributed by atoms with Crippen LogP contribution in [0.1, 0.15) is 40.5 Å². The van der Waals surface area contributed by atoms with Crippen molar-refractivity contribution in [1.29, 1.82) is 0 Å². The normalized spacial score (nSPS) is 21.2. The van der Waals surface area contributed by atoms with Gasteiger partial charge in [0.1, 0.15) is 0 Å². The predicted octanol–water partition coefficient (Wildman–Crippen LogP) is 2.03. The van der Waals surface area contributed by atoms with Gasteiger partial charge in [-0.3, -0.25) is 4.90 Å². The molecule has 1 N–H and O–H groups in total. The van der Waals surface area contributed by atoms with Crippen LogP contribution in [0.4, 0.5) is 0 Å². The molecule has 3 nitrogen and oxygen atoms in total. The van der Waals surface area contributed by atoms with Crippen LogP contribution < -0.4 is 5.32 Å². The summed E-state index contributed by atoms with van der Waals surface area (Å²) in [6.45, 7) is 12.8. The van der Waals surface area contributed by atoms with Gasteiger partial charge in [0, 0.05) is 24.7 Å². The van der Waals surface area contributed by atoms with Crippen molar-refractivity contribution in [3.63, 3.8) is 0 Å². The molecule has 0 aromatic carbocycles. The second-order valence-electron chi connectivity index (χ2n) is 6.57. The molecular weight excluding hydrogens is 222 g/mol. The first-order chi connectivity index (χ1) is 8.41. The van der Waals surface area contributed by atoms with Crippen LogP contribution in [0.25, 0.3) is 0 Å². The van der Waals surface area contributed by atoms with E-state index in [0.29, 0.717) is 18.0 Å². The van der Waals surface area contributed by atoms with Crippen LogP contribution in [0.5, 0.6) is 0 Å². The van der Waals surface area contributed by atoms with E-state index in [2.05, 4.69) is 56.9 Å². The summed E-state index contributed by atoms with van der Waals surface area (Å²) in [4.78, 5) is 5.08. The molecule has 0 saturated carbocycles. The van der Waals surface area contributed by atoms with E-state index in [4.69, 9.17) is 0 Å². The number of hydrogen-bond acceptors (Lipinski definition) is 3. The van der Waals surface area contributed by atoms with Crippen molar-refractivity contribution >= 4 is 0 Å². The molecule has 18 heavy (non-hydrogen) atoms. The minimum absolute atomic E-state index is 0.581. The number of piperidine rings is 1. The molecule has 3 heteroatoms. The van der Waals surface area contributed by atoms with Gasteiger partial charge in [0.2, 0.25) is 0 Å². The van der Waals surface area contributed by atoms with Crippen molar-refractivity contribution in [2.75, 3.05) is 33.7 Å². The molecule has 0 aliphatic carbocycles. The highest BCUT2D eigenvalue weighted by Crippen LogP contribution is 2.19. The summed E-state index contributed by atoms with van der Waals surface area (Å²) >= 11 is 0. The molecule has 1 unspecified atom stereocenters. The summed E-state index contributed by atoms with van der Waals surface area (Å²) in [7, 11) is 4.55. The highest BCUT2D eigenvalue weighted by atomic mass is 15.2. The third-order valence-electron chi connectivity index (χ3n) is 4.29. The predicted molar refractivity (Wildman–Crippen MR) is 80.0 cm³/mol. The Labute approximate surface area is 114 Å². The number of rotatable bonds is 6. The fourth-order valence-corrected chi connectivity index (χ4v) is 2.88. The van der Waals surface area contributed by atoms with Gasteiger partial charge in [-0.1, -0.05) is 27.7 Å². The Bertz CT molecular complexity index is 220. The van der Waals surface area contributed by atoms with Crippen LogP contribution in [0.15, 0.2) is 0 Å². The van der Waals surface area contributed by atoms with Gasteiger partial charge in [-0.25, -0.2) is 0 Å². The van der Waals surface area contributed by atoms with Crippen molar-refractivity contribution in [1.82, 2.24) is 15.1 Å². The average molecular weight is 255 g/mol.